The smallest absolute Gasteiger partial charge is 0.178 e. The second-order valence-corrected chi connectivity index (χ2v) is 6.68. The summed E-state index contributed by atoms with van der Waals surface area (Å²) in [4.78, 5) is 15.7. The summed E-state index contributed by atoms with van der Waals surface area (Å²) in [5, 5.41) is 4.64. The fourth-order valence-electron chi connectivity index (χ4n) is 3.49. The van der Waals surface area contributed by atoms with E-state index < -0.39 is 0 Å². The molecule has 3 aromatic rings. The van der Waals surface area contributed by atoms with Gasteiger partial charge >= 0.3 is 0 Å². The van der Waals surface area contributed by atoms with Crippen molar-refractivity contribution < 1.29 is 0 Å². The predicted molar refractivity (Wildman–Crippen MR) is 95.9 cm³/mol. The van der Waals surface area contributed by atoms with Crippen molar-refractivity contribution in [3.63, 3.8) is 0 Å². The third kappa shape index (κ3) is 3.44. The van der Waals surface area contributed by atoms with Crippen molar-refractivity contribution in [1.82, 2.24) is 29.6 Å². The summed E-state index contributed by atoms with van der Waals surface area (Å²) in [6, 6.07) is 8.37. The Morgan fingerprint density at radius 3 is 2.64 bits per heavy atom. The molecule has 0 saturated carbocycles. The Hall–Kier alpha value is -2.60. The Labute approximate surface area is 147 Å². The number of likely N-dealkylation sites (tertiary alicyclic amines) is 1. The highest BCUT2D eigenvalue weighted by molar-refractivity contribution is 5.47. The molecule has 3 aromatic heterocycles. The fourth-order valence-corrected chi connectivity index (χ4v) is 3.49. The number of aryl methyl sites for hydroxylation is 2. The lowest BCUT2D eigenvalue weighted by Gasteiger charge is -2.17. The van der Waals surface area contributed by atoms with E-state index in [4.69, 9.17) is 0 Å². The largest absolute Gasteiger partial charge is 0.297 e. The topological polar surface area (TPSA) is 59.7 Å². The monoisotopic (exact) mass is 334 g/mol. The highest BCUT2D eigenvalue weighted by Crippen LogP contribution is 2.24. The van der Waals surface area contributed by atoms with Gasteiger partial charge in [-0.05, 0) is 38.5 Å². The molecule has 0 bridgehead atoms. The number of aromatic nitrogens is 5. The molecule has 1 aliphatic rings. The van der Waals surface area contributed by atoms with E-state index >= 15 is 0 Å². The molecule has 0 aromatic carbocycles. The molecule has 0 unspecified atom stereocenters. The number of hydrogen-bond acceptors (Lipinski definition) is 5. The first-order valence-corrected chi connectivity index (χ1v) is 8.66. The van der Waals surface area contributed by atoms with Crippen molar-refractivity contribution in [2.75, 3.05) is 13.1 Å². The summed E-state index contributed by atoms with van der Waals surface area (Å²) >= 11 is 0. The van der Waals surface area contributed by atoms with Gasteiger partial charge in [0.15, 0.2) is 5.82 Å². The van der Waals surface area contributed by atoms with E-state index in [1.165, 1.54) is 5.69 Å². The second-order valence-electron chi connectivity index (χ2n) is 6.68. The highest BCUT2D eigenvalue weighted by Gasteiger charge is 2.25. The SMILES string of the molecule is Cc1cc(C)n([C@@H]2CCN(Cc3cnc(-c4ccccn4)nc3)C2)n1. The van der Waals surface area contributed by atoms with Crippen LogP contribution in [0, 0.1) is 13.8 Å². The molecular formula is C19H22N6. The van der Waals surface area contributed by atoms with Crippen LogP contribution in [0.5, 0.6) is 0 Å². The van der Waals surface area contributed by atoms with Gasteiger partial charge in [0.2, 0.25) is 0 Å². The van der Waals surface area contributed by atoms with Crippen LogP contribution in [0.2, 0.25) is 0 Å². The molecular weight excluding hydrogens is 312 g/mol. The zero-order chi connectivity index (χ0) is 17.2. The van der Waals surface area contributed by atoms with Crippen molar-refractivity contribution in [1.29, 1.82) is 0 Å². The quantitative estimate of drug-likeness (QED) is 0.734. The lowest BCUT2D eigenvalue weighted by molar-refractivity contribution is 0.310. The number of nitrogens with zero attached hydrogens (tertiary/aromatic N) is 6. The van der Waals surface area contributed by atoms with Crippen LogP contribution in [-0.4, -0.2) is 42.7 Å². The van der Waals surface area contributed by atoms with Gasteiger partial charge < -0.3 is 0 Å². The number of hydrogen-bond donors (Lipinski definition) is 0. The molecule has 128 valence electrons. The third-order valence-electron chi connectivity index (χ3n) is 4.64. The average Bonchev–Trinajstić information content (AvgIpc) is 3.22. The van der Waals surface area contributed by atoms with Gasteiger partial charge in [-0.25, -0.2) is 9.97 Å². The first-order chi connectivity index (χ1) is 12.2. The molecule has 6 heteroatoms. The zero-order valence-electron chi connectivity index (χ0n) is 14.6. The number of rotatable bonds is 4. The third-order valence-corrected chi connectivity index (χ3v) is 4.64. The Morgan fingerprint density at radius 2 is 1.96 bits per heavy atom. The Balaban J connectivity index is 1.41. The minimum absolute atomic E-state index is 0.461. The molecule has 6 nitrogen and oxygen atoms in total. The maximum absolute atomic E-state index is 4.64. The van der Waals surface area contributed by atoms with E-state index in [0.717, 1.165) is 43.0 Å². The van der Waals surface area contributed by atoms with Crippen molar-refractivity contribution >= 4 is 0 Å². The Kier molecular flexibility index (Phi) is 4.28. The van der Waals surface area contributed by atoms with Crippen LogP contribution in [0.1, 0.15) is 29.4 Å². The molecule has 0 N–H and O–H groups in total. The van der Waals surface area contributed by atoms with E-state index in [0.29, 0.717) is 11.9 Å². The standard InChI is InChI=1S/C19H22N6/c1-14-9-15(2)25(23-14)17-6-8-24(13-17)12-16-10-21-19(22-11-16)18-5-3-4-7-20-18/h3-5,7,9-11,17H,6,8,12-13H2,1-2H3/t17-/m1/s1. The molecule has 0 spiro atoms. The van der Waals surface area contributed by atoms with Crippen LogP contribution in [0.3, 0.4) is 0 Å². The van der Waals surface area contributed by atoms with Crippen LogP contribution >= 0.6 is 0 Å². The molecule has 25 heavy (non-hydrogen) atoms. The van der Waals surface area contributed by atoms with E-state index in [9.17, 15) is 0 Å². The molecule has 1 atom stereocenters. The minimum atomic E-state index is 0.461. The van der Waals surface area contributed by atoms with Gasteiger partial charge in [0, 0.05) is 49.5 Å². The Morgan fingerprint density at radius 1 is 1.12 bits per heavy atom. The van der Waals surface area contributed by atoms with E-state index in [-0.39, 0.29) is 0 Å². The van der Waals surface area contributed by atoms with Crippen molar-refractivity contribution in [3.05, 3.63) is 59.8 Å². The molecule has 1 saturated heterocycles. The van der Waals surface area contributed by atoms with Crippen LogP contribution < -0.4 is 0 Å². The van der Waals surface area contributed by atoms with Gasteiger partial charge in [0.1, 0.15) is 5.69 Å². The highest BCUT2D eigenvalue weighted by atomic mass is 15.3. The molecule has 1 fully saturated rings. The van der Waals surface area contributed by atoms with Gasteiger partial charge in [-0.1, -0.05) is 6.07 Å². The van der Waals surface area contributed by atoms with Crippen LogP contribution in [-0.2, 0) is 6.54 Å². The summed E-state index contributed by atoms with van der Waals surface area (Å²) in [5.74, 6) is 0.672. The van der Waals surface area contributed by atoms with Crippen molar-refractivity contribution in [2.45, 2.75) is 32.9 Å². The molecule has 0 amide bonds. The first-order valence-electron chi connectivity index (χ1n) is 8.66. The summed E-state index contributed by atoms with van der Waals surface area (Å²) in [5.41, 5.74) is 4.27. The van der Waals surface area contributed by atoms with E-state index in [1.54, 1.807) is 6.20 Å². The van der Waals surface area contributed by atoms with Gasteiger partial charge in [0.25, 0.3) is 0 Å². The summed E-state index contributed by atoms with van der Waals surface area (Å²) in [6.45, 7) is 7.15. The van der Waals surface area contributed by atoms with Crippen molar-refractivity contribution in [2.24, 2.45) is 0 Å². The second kappa shape index (κ2) is 6.72. The normalized spacial score (nSPS) is 17.9. The lowest BCUT2D eigenvalue weighted by Crippen LogP contribution is -2.22. The Bertz CT molecular complexity index is 840. The predicted octanol–water partition coefficient (Wildman–Crippen LogP) is 2.80. The van der Waals surface area contributed by atoms with E-state index in [1.807, 2.05) is 30.6 Å². The zero-order valence-corrected chi connectivity index (χ0v) is 14.6. The van der Waals surface area contributed by atoms with Gasteiger partial charge in [-0.3, -0.25) is 14.6 Å². The van der Waals surface area contributed by atoms with Gasteiger partial charge in [-0.2, -0.15) is 5.10 Å². The van der Waals surface area contributed by atoms with Crippen LogP contribution in [0.25, 0.3) is 11.5 Å². The maximum Gasteiger partial charge on any atom is 0.178 e. The lowest BCUT2D eigenvalue weighted by atomic mass is 10.2. The van der Waals surface area contributed by atoms with Crippen LogP contribution in [0.15, 0.2) is 42.9 Å². The minimum Gasteiger partial charge on any atom is -0.297 e. The molecule has 4 heterocycles. The van der Waals surface area contributed by atoms with Gasteiger partial charge in [0.05, 0.1) is 11.7 Å². The molecule has 0 radical (unpaired) electrons. The molecule has 4 rings (SSSR count). The van der Waals surface area contributed by atoms with Gasteiger partial charge in [-0.15, -0.1) is 0 Å². The summed E-state index contributed by atoms with van der Waals surface area (Å²) in [6.07, 6.45) is 6.71. The summed E-state index contributed by atoms with van der Waals surface area (Å²) < 4.78 is 2.18. The summed E-state index contributed by atoms with van der Waals surface area (Å²) in [7, 11) is 0. The number of pyridine rings is 1. The van der Waals surface area contributed by atoms with Crippen molar-refractivity contribution in [3.8, 4) is 11.5 Å². The first kappa shape index (κ1) is 15.9. The fraction of sp³-hybridized carbons (Fsp3) is 0.368. The molecule has 0 aliphatic carbocycles. The molecule has 1 aliphatic heterocycles. The van der Waals surface area contributed by atoms with Crippen LogP contribution in [0.4, 0.5) is 0 Å². The average molecular weight is 334 g/mol. The van der Waals surface area contributed by atoms with E-state index in [2.05, 4.69) is 49.5 Å². The maximum atomic E-state index is 4.64.